The van der Waals surface area contributed by atoms with Gasteiger partial charge in [0.15, 0.2) is 0 Å². The summed E-state index contributed by atoms with van der Waals surface area (Å²) in [5.41, 5.74) is 3.29. The molecule has 30 heavy (non-hydrogen) atoms. The van der Waals surface area contributed by atoms with E-state index in [2.05, 4.69) is 39.1 Å². The fraction of sp³-hybridized carbons (Fsp3) is 0.391. The summed E-state index contributed by atoms with van der Waals surface area (Å²) in [5, 5.41) is 1.16. The van der Waals surface area contributed by atoms with Gasteiger partial charge in [0.1, 0.15) is 18.6 Å². The molecule has 1 aromatic carbocycles. The zero-order chi connectivity index (χ0) is 20.4. The highest BCUT2D eigenvalue weighted by Gasteiger charge is 2.49. The lowest BCUT2D eigenvalue weighted by Gasteiger charge is -2.48. The highest BCUT2D eigenvalue weighted by atomic mass is 79.9. The maximum atomic E-state index is 13.7. The molecule has 0 bridgehead atoms. The number of hydrogen-bond donors (Lipinski definition) is 1. The molecular weight excluding hydrogens is 462 g/mol. The molecule has 2 unspecified atom stereocenters. The van der Waals surface area contributed by atoms with Crippen molar-refractivity contribution >= 4 is 50.0 Å². The average molecular weight is 484 g/mol. The van der Waals surface area contributed by atoms with Crippen LogP contribution in [0.1, 0.15) is 47.9 Å². The van der Waals surface area contributed by atoms with Crippen LogP contribution in [0.4, 0.5) is 0 Å². The van der Waals surface area contributed by atoms with Gasteiger partial charge in [-0.15, -0.1) is 11.3 Å². The van der Waals surface area contributed by atoms with Crippen LogP contribution < -0.4 is 0 Å². The summed E-state index contributed by atoms with van der Waals surface area (Å²) in [6.45, 7) is 0.207. The SMILES string of the molecule is O=C1C2Cc3c([nH]c4ccccc34)C(c3ccc(Br)s3)N2C(=O)CN1C1CCCC1. The van der Waals surface area contributed by atoms with E-state index in [-0.39, 0.29) is 30.4 Å². The van der Waals surface area contributed by atoms with Gasteiger partial charge in [0.05, 0.1) is 3.79 Å². The van der Waals surface area contributed by atoms with Gasteiger partial charge in [-0.2, -0.15) is 0 Å². The summed E-state index contributed by atoms with van der Waals surface area (Å²) < 4.78 is 1.03. The average Bonchev–Trinajstić information content (AvgIpc) is 3.49. The van der Waals surface area contributed by atoms with E-state index in [0.717, 1.165) is 50.9 Å². The topological polar surface area (TPSA) is 56.4 Å². The number of hydrogen-bond acceptors (Lipinski definition) is 3. The van der Waals surface area contributed by atoms with Crippen molar-refractivity contribution in [2.24, 2.45) is 0 Å². The van der Waals surface area contributed by atoms with Gasteiger partial charge in [-0.1, -0.05) is 31.0 Å². The van der Waals surface area contributed by atoms with Gasteiger partial charge in [0, 0.05) is 33.9 Å². The number of fused-ring (bicyclic) bond motifs is 4. The molecule has 1 N–H and O–H groups in total. The predicted octanol–water partition coefficient (Wildman–Crippen LogP) is 4.62. The van der Waals surface area contributed by atoms with Crippen molar-refractivity contribution in [2.45, 2.75) is 50.2 Å². The Hall–Kier alpha value is -2.12. The molecule has 7 heteroatoms. The molecule has 0 spiro atoms. The van der Waals surface area contributed by atoms with Crippen LogP contribution in [-0.4, -0.2) is 45.2 Å². The second-order valence-electron chi connectivity index (χ2n) is 8.53. The molecule has 0 radical (unpaired) electrons. The first-order chi connectivity index (χ1) is 14.6. The van der Waals surface area contributed by atoms with E-state index in [1.807, 2.05) is 28.0 Å². The van der Waals surface area contributed by atoms with Crippen molar-refractivity contribution in [2.75, 3.05) is 6.54 Å². The number of nitrogens with one attached hydrogen (secondary N) is 1. The summed E-state index contributed by atoms with van der Waals surface area (Å²) in [4.78, 5) is 35.5. The number of H-pyrrole nitrogens is 1. The first kappa shape index (κ1) is 18.6. The molecule has 1 aliphatic carbocycles. The van der Waals surface area contributed by atoms with Crippen LogP contribution in [-0.2, 0) is 16.0 Å². The number of piperazine rings is 1. The summed E-state index contributed by atoms with van der Waals surface area (Å²) in [6.07, 6.45) is 4.91. The smallest absolute Gasteiger partial charge is 0.246 e. The fourth-order valence-corrected chi connectivity index (χ4v) is 7.12. The Labute approximate surface area is 187 Å². The van der Waals surface area contributed by atoms with E-state index < -0.39 is 6.04 Å². The molecule has 2 fully saturated rings. The lowest BCUT2D eigenvalue weighted by molar-refractivity contribution is -0.160. The lowest BCUT2D eigenvalue weighted by Crippen LogP contribution is -2.64. The van der Waals surface area contributed by atoms with E-state index in [4.69, 9.17) is 0 Å². The normalized spacial score (nSPS) is 24.6. The summed E-state index contributed by atoms with van der Waals surface area (Å²) in [5.74, 6) is 0.184. The summed E-state index contributed by atoms with van der Waals surface area (Å²) in [7, 11) is 0. The van der Waals surface area contributed by atoms with E-state index in [9.17, 15) is 9.59 Å². The number of amides is 2. The number of thiophene rings is 1. The van der Waals surface area contributed by atoms with Crippen LogP contribution in [0.2, 0.25) is 0 Å². The summed E-state index contributed by atoms with van der Waals surface area (Å²) >= 11 is 5.20. The molecule has 3 aromatic rings. The third kappa shape index (κ3) is 2.71. The van der Waals surface area contributed by atoms with Crippen molar-refractivity contribution in [1.82, 2.24) is 14.8 Å². The number of benzene rings is 1. The molecule has 4 heterocycles. The van der Waals surface area contributed by atoms with Gasteiger partial charge in [-0.3, -0.25) is 9.59 Å². The first-order valence-electron chi connectivity index (χ1n) is 10.6. The number of rotatable bonds is 2. The van der Waals surface area contributed by atoms with Gasteiger partial charge in [-0.05, 0) is 52.5 Å². The molecule has 1 saturated heterocycles. The highest BCUT2D eigenvalue weighted by Crippen LogP contribution is 2.45. The Kier molecular flexibility index (Phi) is 4.32. The minimum Gasteiger partial charge on any atom is -0.356 e. The number of carbonyl (C=O) groups excluding carboxylic acids is 2. The standard InChI is InChI=1S/C23H22BrN3O2S/c24-19-10-9-18(30-19)22-21-15(14-7-3-4-8-16(14)25-21)11-17-23(29)26(12-20(28)27(17)22)13-5-1-2-6-13/h3-4,7-10,13,17,22,25H,1-2,5-6,11-12H2. The van der Waals surface area contributed by atoms with Gasteiger partial charge in [0.25, 0.3) is 0 Å². The minimum absolute atomic E-state index is 0.0605. The molecule has 5 nitrogen and oxygen atoms in total. The van der Waals surface area contributed by atoms with E-state index >= 15 is 0 Å². The van der Waals surface area contributed by atoms with Crippen LogP contribution in [0.5, 0.6) is 0 Å². The quantitative estimate of drug-likeness (QED) is 0.577. The molecule has 1 saturated carbocycles. The molecule has 3 aliphatic rings. The Balaban J connectivity index is 1.51. The number of halogens is 1. The maximum Gasteiger partial charge on any atom is 0.246 e. The predicted molar refractivity (Wildman–Crippen MR) is 120 cm³/mol. The van der Waals surface area contributed by atoms with Gasteiger partial charge in [-0.25, -0.2) is 0 Å². The van der Waals surface area contributed by atoms with Crippen molar-refractivity contribution in [3.63, 3.8) is 0 Å². The van der Waals surface area contributed by atoms with E-state index in [0.29, 0.717) is 6.42 Å². The van der Waals surface area contributed by atoms with Crippen molar-refractivity contribution in [3.8, 4) is 0 Å². The fourth-order valence-electron chi connectivity index (χ4n) is 5.59. The van der Waals surface area contributed by atoms with E-state index in [1.54, 1.807) is 11.3 Å². The number of nitrogens with zero attached hydrogens (tertiary/aromatic N) is 2. The summed E-state index contributed by atoms with van der Waals surface area (Å²) in [6, 6.07) is 11.9. The number of carbonyl (C=O) groups is 2. The zero-order valence-corrected chi connectivity index (χ0v) is 18.8. The molecule has 6 rings (SSSR count). The zero-order valence-electron chi connectivity index (χ0n) is 16.4. The lowest BCUT2D eigenvalue weighted by atomic mass is 9.88. The molecule has 154 valence electrons. The third-order valence-corrected chi connectivity index (χ3v) is 8.60. The van der Waals surface area contributed by atoms with Crippen LogP contribution >= 0.6 is 27.3 Å². The van der Waals surface area contributed by atoms with Gasteiger partial charge >= 0.3 is 0 Å². The molecule has 2 amide bonds. The van der Waals surface area contributed by atoms with Crippen molar-refractivity contribution < 1.29 is 9.59 Å². The number of aromatic amines is 1. The Morgan fingerprint density at radius 3 is 2.63 bits per heavy atom. The molecule has 2 aromatic heterocycles. The highest BCUT2D eigenvalue weighted by molar-refractivity contribution is 9.11. The second-order valence-corrected chi connectivity index (χ2v) is 11.0. The van der Waals surface area contributed by atoms with Crippen LogP contribution in [0.25, 0.3) is 10.9 Å². The number of para-hydroxylation sites is 1. The molecule has 2 atom stereocenters. The van der Waals surface area contributed by atoms with Crippen LogP contribution in [0.3, 0.4) is 0 Å². The molecular formula is C23H22BrN3O2S. The van der Waals surface area contributed by atoms with Crippen LogP contribution in [0.15, 0.2) is 40.2 Å². The van der Waals surface area contributed by atoms with Crippen molar-refractivity contribution in [1.29, 1.82) is 0 Å². The second kappa shape index (κ2) is 6.95. The minimum atomic E-state index is -0.426. The Bertz CT molecular complexity index is 1160. The van der Waals surface area contributed by atoms with Gasteiger partial charge in [0.2, 0.25) is 11.8 Å². The number of aromatic nitrogens is 1. The van der Waals surface area contributed by atoms with E-state index in [1.165, 1.54) is 5.56 Å². The van der Waals surface area contributed by atoms with Gasteiger partial charge < -0.3 is 14.8 Å². The van der Waals surface area contributed by atoms with Crippen molar-refractivity contribution in [3.05, 3.63) is 56.3 Å². The Morgan fingerprint density at radius 2 is 1.87 bits per heavy atom. The first-order valence-corrected chi connectivity index (χ1v) is 12.2. The molecule has 2 aliphatic heterocycles. The Morgan fingerprint density at radius 1 is 1.07 bits per heavy atom. The monoisotopic (exact) mass is 483 g/mol. The largest absolute Gasteiger partial charge is 0.356 e. The van der Waals surface area contributed by atoms with Crippen LogP contribution in [0, 0.1) is 0 Å². The maximum absolute atomic E-state index is 13.7. The third-order valence-electron chi connectivity index (χ3n) is 6.92.